The first-order chi connectivity index (χ1) is 9.12. The molecule has 0 aliphatic heterocycles. The quantitative estimate of drug-likeness (QED) is 0.865. The van der Waals surface area contributed by atoms with Gasteiger partial charge in [-0.05, 0) is 43.5 Å². The van der Waals surface area contributed by atoms with Crippen molar-refractivity contribution >= 4 is 10.0 Å². The van der Waals surface area contributed by atoms with Crippen molar-refractivity contribution in [2.45, 2.75) is 49.5 Å². The van der Waals surface area contributed by atoms with Crippen LogP contribution in [0.4, 0.5) is 0 Å². The summed E-state index contributed by atoms with van der Waals surface area (Å²) in [6, 6.07) is 7.10. The Morgan fingerprint density at radius 2 is 1.74 bits per heavy atom. The summed E-state index contributed by atoms with van der Waals surface area (Å²) in [4.78, 5) is 0.346. The van der Waals surface area contributed by atoms with Crippen molar-refractivity contribution in [1.29, 1.82) is 0 Å². The lowest BCUT2D eigenvalue weighted by atomic mass is 9.96. The number of benzene rings is 1. The molecule has 0 atom stereocenters. The summed E-state index contributed by atoms with van der Waals surface area (Å²) >= 11 is 0. The molecule has 2 rings (SSSR count). The molecule has 0 aromatic heterocycles. The Balaban J connectivity index is 2.05. The number of rotatable bonds is 5. The normalized spacial score (nSPS) is 17.5. The Morgan fingerprint density at radius 3 is 2.32 bits per heavy atom. The Labute approximate surface area is 115 Å². The molecule has 0 saturated heterocycles. The number of hydrogen-bond acceptors (Lipinski definition) is 3. The Hall–Kier alpha value is -0.910. The fourth-order valence-corrected chi connectivity index (χ4v) is 3.81. The molecule has 0 radical (unpaired) electrons. The summed E-state index contributed by atoms with van der Waals surface area (Å²) < 4.78 is 27.3. The summed E-state index contributed by atoms with van der Waals surface area (Å²) in [5, 5.41) is 0. The van der Waals surface area contributed by atoms with E-state index < -0.39 is 10.0 Å². The van der Waals surface area contributed by atoms with Crippen molar-refractivity contribution in [2.75, 3.05) is 6.54 Å². The van der Waals surface area contributed by atoms with E-state index >= 15 is 0 Å². The molecule has 1 aliphatic carbocycles. The minimum atomic E-state index is -3.37. The van der Waals surface area contributed by atoms with Gasteiger partial charge in [-0.2, -0.15) is 0 Å². The standard InChI is InChI=1S/C14H22N2O2S/c15-11-10-12-6-8-14(9-7-12)19(17,18)16-13-4-2-1-3-5-13/h6-9,13,16H,1-5,10-11,15H2. The van der Waals surface area contributed by atoms with E-state index in [-0.39, 0.29) is 6.04 Å². The van der Waals surface area contributed by atoms with Crippen molar-refractivity contribution in [3.05, 3.63) is 29.8 Å². The summed E-state index contributed by atoms with van der Waals surface area (Å²) in [6.45, 7) is 0.576. The van der Waals surface area contributed by atoms with E-state index in [0.717, 1.165) is 37.7 Å². The predicted octanol–water partition coefficient (Wildman–Crippen LogP) is 1.80. The fourth-order valence-electron chi connectivity index (χ4n) is 2.51. The first-order valence-corrected chi connectivity index (χ1v) is 8.41. The number of sulfonamides is 1. The number of hydrogen-bond donors (Lipinski definition) is 2. The molecule has 0 bridgehead atoms. The summed E-state index contributed by atoms with van der Waals surface area (Å²) in [5.41, 5.74) is 6.55. The molecule has 0 amide bonds. The van der Waals surface area contributed by atoms with Crippen LogP contribution in [0.5, 0.6) is 0 Å². The molecule has 1 saturated carbocycles. The van der Waals surface area contributed by atoms with E-state index in [1.54, 1.807) is 12.1 Å². The molecule has 1 aromatic carbocycles. The van der Waals surface area contributed by atoms with Crippen LogP contribution in [0.15, 0.2) is 29.2 Å². The molecule has 1 aliphatic rings. The van der Waals surface area contributed by atoms with Crippen molar-refractivity contribution in [3.8, 4) is 0 Å². The van der Waals surface area contributed by atoms with Gasteiger partial charge < -0.3 is 5.73 Å². The zero-order valence-corrected chi connectivity index (χ0v) is 12.0. The van der Waals surface area contributed by atoms with Gasteiger partial charge in [-0.3, -0.25) is 0 Å². The summed E-state index contributed by atoms with van der Waals surface area (Å²) in [5.74, 6) is 0. The van der Waals surface area contributed by atoms with Crippen LogP contribution in [0.1, 0.15) is 37.7 Å². The third-order valence-electron chi connectivity index (χ3n) is 3.59. The van der Waals surface area contributed by atoms with Gasteiger partial charge in [0.2, 0.25) is 10.0 Å². The Bertz CT molecular complexity index is 491. The van der Waals surface area contributed by atoms with Crippen LogP contribution in [-0.4, -0.2) is 21.0 Å². The maximum absolute atomic E-state index is 12.2. The zero-order chi connectivity index (χ0) is 13.7. The third-order valence-corrected chi connectivity index (χ3v) is 5.13. The van der Waals surface area contributed by atoms with Crippen molar-refractivity contribution in [3.63, 3.8) is 0 Å². The van der Waals surface area contributed by atoms with Crippen molar-refractivity contribution in [1.82, 2.24) is 4.72 Å². The van der Waals surface area contributed by atoms with Gasteiger partial charge in [0.1, 0.15) is 0 Å². The largest absolute Gasteiger partial charge is 0.330 e. The van der Waals surface area contributed by atoms with Gasteiger partial charge in [-0.1, -0.05) is 31.4 Å². The van der Waals surface area contributed by atoms with Crippen molar-refractivity contribution < 1.29 is 8.42 Å². The van der Waals surface area contributed by atoms with Gasteiger partial charge >= 0.3 is 0 Å². The van der Waals surface area contributed by atoms with Crippen molar-refractivity contribution in [2.24, 2.45) is 5.73 Å². The zero-order valence-electron chi connectivity index (χ0n) is 11.1. The maximum Gasteiger partial charge on any atom is 0.240 e. The molecule has 3 N–H and O–H groups in total. The number of nitrogens with two attached hydrogens (primary N) is 1. The van der Waals surface area contributed by atoms with E-state index in [1.165, 1.54) is 6.42 Å². The average Bonchev–Trinajstić information content (AvgIpc) is 2.40. The second kappa shape index (κ2) is 6.50. The molecule has 106 valence electrons. The van der Waals surface area contributed by atoms with E-state index in [4.69, 9.17) is 5.73 Å². The monoisotopic (exact) mass is 282 g/mol. The molecule has 0 heterocycles. The predicted molar refractivity (Wildman–Crippen MR) is 76.4 cm³/mol. The minimum absolute atomic E-state index is 0.0995. The van der Waals surface area contributed by atoms with Gasteiger partial charge in [-0.25, -0.2) is 13.1 Å². The second-order valence-corrected chi connectivity index (χ2v) is 6.85. The summed E-state index contributed by atoms with van der Waals surface area (Å²) in [6.07, 6.45) is 6.11. The Kier molecular flexibility index (Phi) is 4.96. The SMILES string of the molecule is NCCc1ccc(S(=O)(=O)NC2CCCCC2)cc1. The third kappa shape index (κ3) is 4.03. The molecule has 1 fully saturated rings. The maximum atomic E-state index is 12.2. The fraction of sp³-hybridized carbons (Fsp3) is 0.571. The Morgan fingerprint density at radius 1 is 1.11 bits per heavy atom. The van der Waals surface area contributed by atoms with Gasteiger partial charge in [0.25, 0.3) is 0 Å². The van der Waals surface area contributed by atoms with Crippen LogP contribution in [0, 0.1) is 0 Å². The lowest BCUT2D eigenvalue weighted by molar-refractivity contribution is 0.412. The highest BCUT2D eigenvalue weighted by molar-refractivity contribution is 7.89. The second-order valence-electron chi connectivity index (χ2n) is 5.14. The molecule has 0 spiro atoms. The molecule has 19 heavy (non-hydrogen) atoms. The van der Waals surface area contributed by atoms with E-state index in [2.05, 4.69) is 4.72 Å². The van der Waals surface area contributed by atoms with Crippen LogP contribution < -0.4 is 10.5 Å². The highest BCUT2D eigenvalue weighted by atomic mass is 32.2. The van der Waals surface area contributed by atoms with Crippen LogP contribution >= 0.6 is 0 Å². The van der Waals surface area contributed by atoms with Crippen LogP contribution in [0.25, 0.3) is 0 Å². The highest BCUT2D eigenvalue weighted by Crippen LogP contribution is 2.20. The molecular weight excluding hydrogens is 260 g/mol. The van der Waals surface area contributed by atoms with Crippen LogP contribution in [0.2, 0.25) is 0 Å². The molecule has 0 unspecified atom stereocenters. The molecular formula is C14H22N2O2S. The highest BCUT2D eigenvalue weighted by Gasteiger charge is 2.21. The van der Waals surface area contributed by atoms with E-state index in [0.29, 0.717) is 11.4 Å². The number of nitrogens with one attached hydrogen (secondary N) is 1. The van der Waals surface area contributed by atoms with E-state index in [1.807, 2.05) is 12.1 Å². The topological polar surface area (TPSA) is 72.2 Å². The molecule has 1 aromatic rings. The van der Waals surface area contributed by atoms with Gasteiger partial charge in [0, 0.05) is 6.04 Å². The van der Waals surface area contributed by atoms with Crippen LogP contribution in [0.3, 0.4) is 0 Å². The lowest BCUT2D eigenvalue weighted by Crippen LogP contribution is -2.36. The summed E-state index contributed by atoms with van der Waals surface area (Å²) in [7, 11) is -3.37. The lowest BCUT2D eigenvalue weighted by Gasteiger charge is -2.22. The molecule has 4 nitrogen and oxygen atoms in total. The van der Waals surface area contributed by atoms with Gasteiger partial charge in [0.15, 0.2) is 0 Å². The van der Waals surface area contributed by atoms with Gasteiger partial charge in [0.05, 0.1) is 4.90 Å². The van der Waals surface area contributed by atoms with E-state index in [9.17, 15) is 8.42 Å². The minimum Gasteiger partial charge on any atom is -0.330 e. The first kappa shape index (κ1) is 14.5. The first-order valence-electron chi connectivity index (χ1n) is 6.93. The molecule has 5 heteroatoms. The van der Waals surface area contributed by atoms with Gasteiger partial charge in [-0.15, -0.1) is 0 Å². The average molecular weight is 282 g/mol. The van der Waals surface area contributed by atoms with Crippen LogP contribution in [-0.2, 0) is 16.4 Å². The smallest absolute Gasteiger partial charge is 0.240 e.